The van der Waals surface area contributed by atoms with Gasteiger partial charge in [0.2, 0.25) is 17.7 Å². The molecule has 0 unspecified atom stereocenters. The lowest BCUT2D eigenvalue weighted by atomic mass is 10.1. The molecule has 0 radical (unpaired) electrons. The first-order valence-corrected chi connectivity index (χ1v) is 9.41. The van der Waals surface area contributed by atoms with Crippen molar-refractivity contribution in [3.05, 3.63) is 64.1 Å². The van der Waals surface area contributed by atoms with Crippen molar-refractivity contribution in [1.29, 1.82) is 0 Å². The normalized spacial score (nSPS) is 10.2. The summed E-state index contributed by atoms with van der Waals surface area (Å²) < 4.78 is 0. The molecule has 0 aliphatic rings. The van der Waals surface area contributed by atoms with Crippen LogP contribution in [0.25, 0.3) is 0 Å². The first-order valence-electron chi connectivity index (χ1n) is 8.65. The Hall–Kier alpha value is -2.57. The molecule has 0 saturated carbocycles. The molecule has 0 bridgehead atoms. The van der Waals surface area contributed by atoms with Gasteiger partial charge in [-0.15, -0.1) is 0 Å². The van der Waals surface area contributed by atoms with Crippen molar-refractivity contribution in [3.63, 3.8) is 0 Å². The lowest BCUT2D eigenvalue weighted by Crippen LogP contribution is -2.37. The Morgan fingerprint density at radius 1 is 0.929 bits per heavy atom. The number of amides is 3. The van der Waals surface area contributed by atoms with Gasteiger partial charge in [0, 0.05) is 20.0 Å². The van der Waals surface area contributed by atoms with E-state index in [0.717, 1.165) is 5.56 Å². The predicted molar refractivity (Wildman–Crippen MR) is 111 cm³/mol. The highest BCUT2D eigenvalue weighted by atomic mass is 35.5. The van der Waals surface area contributed by atoms with Gasteiger partial charge in [-0.1, -0.05) is 59.6 Å². The molecule has 28 heavy (non-hydrogen) atoms. The highest BCUT2D eigenvalue weighted by Crippen LogP contribution is 2.29. The Morgan fingerprint density at radius 2 is 1.57 bits per heavy atom. The van der Waals surface area contributed by atoms with Crippen molar-refractivity contribution in [3.8, 4) is 0 Å². The number of para-hydroxylation sites is 1. The molecule has 2 aromatic carbocycles. The van der Waals surface area contributed by atoms with Crippen LogP contribution in [0.15, 0.2) is 48.5 Å². The number of benzene rings is 2. The van der Waals surface area contributed by atoms with E-state index in [-0.39, 0.29) is 37.7 Å². The summed E-state index contributed by atoms with van der Waals surface area (Å²) in [6.07, 6.45) is 0.350. The van der Waals surface area contributed by atoms with Crippen molar-refractivity contribution < 1.29 is 14.4 Å². The smallest absolute Gasteiger partial charge is 0.244 e. The summed E-state index contributed by atoms with van der Waals surface area (Å²) >= 11 is 12.0. The van der Waals surface area contributed by atoms with E-state index in [2.05, 4.69) is 10.6 Å². The summed E-state index contributed by atoms with van der Waals surface area (Å²) in [5.41, 5.74) is 1.21. The molecular weight excluding hydrogens is 401 g/mol. The summed E-state index contributed by atoms with van der Waals surface area (Å²) in [7, 11) is 1.52. The van der Waals surface area contributed by atoms with Gasteiger partial charge in [-0.3, -0.25) is 14.4 Å². The monoisotopic (exact) mass is 421 g/mol. The lowest BCUT2D eigenvalue weighted by molar-refractivity contribution is -0.133. The average molecular weight is 422 g/mol. The number of carbonyl (C=O) groups is 3. The van der Waals surface area contributed by atoms with Gasteiger partial charge in [-0.2, -0.15) is 0 Å². The minimum absolute atomic E-state index is 0.0944. The number of hydrogen-bond donors (Lipinski definition) is 2. The number of anilines is 1. The molecule has 2 aromatic rings. The lowest BCUT2D eigenvalue weighted by Gasteiger charge is -2.17. The molecule has 148 valence electrons. The number of rotatable bonds is 8. The predicted octanol–water partition coefficient (Wildman–Crippen LogP) is 3.14. The van der Waals surface area contributed by atoms with Crippen LogP contribution >= 0.6 is 23.2 Å². The van der Waals surface area contributed by atoms with Gasteiger partial charge in [0.25, 0.3) is 0 Å². The third-order valence-corrected chi connectivity index (χ3v) is 4.53. The molecular formula is C20H21Cl2N3O3. The SMILES string of the molecule is CN(CC(=O)Nc1c(Cl)cccc1Cl)C(=O)CCNC(=O)Cc1ccccc1. The van der Waals surface area contributed by atoms with Crippen LogP contribution in [0.2, 0.25) is 10.0 Å². The van der Waals surface area contributed by atoms with E-state index >= 15 is 0 Å². The van der Waals surface area contributed by atoms with Crippen LogP contribution in [0.4, 0.5) is 5.69 Å². The van der Waals surface area contributed by atoms with Crippen molar-refractivity contribution in [2.24, 2.45) is 0 Å². The van der Waals surface area contributed by atoms with Gasteiger partial charge in [0.05, 0.1) is 28.7 Å². The zero-order valence-electron chi connectivity index (χ0n) is 15.4. The number of nitrogens with one attached hydrogen (secondary N) is 2. The summed E-state index contributed by atoms with van der Waals surface area (Å²) in [4.78, 5) is 37.4. The molecule has 0 aliphatic heterocycles. The first kappa shape index (κ1) is 21.7. The number of carbonyl (C=O) groups excluding carboxylic acids is 3. The minimum atomic E-state index is -0.418. The van der Waals surface area contributed by atoms with Gasteiger partial charge < -0.3 is 15.5 Å². The molecule has 0 spiro atoms. The summed E-state index contributed by atoms with van der Waals surface area (Å²) in [5, 5.41) is 5.93. The second-order valence-corrected chi connectivity index (χ2v) is 6.97. The number of hydrogen-bond acceptors (Lipinski definition) is 3. The molecule has 0 atom stereocenters. The molecule has 3 amide bonds. The van der Waals surface area contributed by atoms with Crippen molar-refractivity contribution in [2.75, 3.05) is 25.5 Å². The molecule has 0 saturated heterocycles. The maximum Gasteiger partial charge on any atom is 0.244 e. The zero-order chi connectivity index (χ0) is 20.5. The van der Waals surface area contributed by atoms with Gasteiger partial charge in [-0.25, -0.2) is 0 Å². The van der Waals surface area contributed by atoms with Crippen LogP contribution in [-0.2, 0) is 20.8 Å². The first-order chi connectivity index (χ1) is 13.4. The number of nitrogens with zero attached hydrogens (tertiary/aromatic N) is 1. The quantitative estimate of drug-likeness (QED) is 0.686. The van der Waals surface area contributed by atoms with E-state index in [9.17, 15) is 14.4 Å². The number of halogens is 2. The topological polar surface area (TPSA) is 78.5 Å². The molecule has 2 rings (SSSR count). The van der Waals surface area contributed by atoms with Crippen LogP contribution in [-0.4, -0.2) is 42.8 Å². The van der Waals surface area contributed by atoms with Crippen molar-refractivity contribution >= 4 is 46.6 Å². The van der Waals surface area contributed by atoms with Crippen LogP contribution < -0.4 is 10.6 Å². The largest absolute Gasteiger partial charge is 0.355 e. The molecule has 0 aromatic heterocycles. The second kappa shape index (κ2) is 10.7. The maximum absolute atomic E-state index is 12.1. The van der Waals surface area contributed by atoms with Gasteiger partial charge in [-0.05, 0) is 17.7 Å². The third-order valence-electron chi connectivity index (χ3n) is 3.90. The highest BCUT2D eigenvalue weighted by Gasteiger charge is 2.15. The Morgan fingerprint density at radius 3 is 2.21 bits per heavy atom. The Bertz CT molecular complexity index is 824. The Kier molecular flexibility index (Phi) is 8.29. The molecule has 8 heteroatoms. The summed E-state index contributed by atoms with van der Waals surface area (Å²) in [6, 6.07) is 14.2. The van der Waals surface area contributed by atoms with Crippen LogP contribution in [0.5, 0.6) is 0 Å². The van der Waals surface area contributed by atoms with Crippen LogP contribution in [0, 0.1) is 0 Å². The van der Waals surface area contributed by atoms with Crippen LogP contribution in [0.1, 0.15) is 12.0 Å². The highest BCUT2D eigenvalue weighted by molar-refractivity contribution is 6.39. The minimum Gasteiger partial charge on any atom is -0.355 e. The van der Waals surface area contributed by atoms with E-state index in [0.29, 0.717) is 15.7 Å². The fourth-order valence-electron chi connectivity index (χ4n) is 2.44. The van der Waals surface area contributed by atoms with Gasteiger partial charge in [0.15, 0.2) is 0 Å². The summed E-state index contributed by atoms with van der Waals surface area (Å²) in [6.45, 7) is 0.0468. The van der Waals surface area contributed by atoms with E-state index < -0.39 is 5.91 Å². The van der Waals surface area contributed by atoms with E-state index in [4.69, 9.17) is 23.2 Å². The molecule has 2 N–H and O–H groups in total. The molecule has 0 heterocycles. The Labute approximate surface area is 173 Å². The van der Waals surface area contributed by atoms with Crippen LogP contribution in [0.3, 0.4) is 0 Å². The maximum atomic E-state index is 12.1. The van der Waals surface area contributed by atoms with E-state index in [1.54, 1.807) is 18.2 Å². The molecule has 0 aliphatic carbocycles. The van der Waals surface area contributed by atoms with Gasteiger partial charge in [0.1, 0.15) is 0 Å². The van der Waals surface area contributed by atoms with E-state index in [1.165, 1.54) is 11.9 Å². The van der Waals surface area contributed by atoms with E-state index in [1.807, 2.05) is 30.3 Å². The number of likely N-dealkylation sites (N-methyl/N-ethyl adjacent to an activating group) is 1. The standard InChI is InChI=1S/C20H21Cl2N3O3/c1-25(13-18(27)24-20-15(21)8-5-9-16(20)22)19(28)10-11-23-17(26)12-14-6-3-2-4-7-14/h2-9H,10-13H2,1H3,(H,23,26)(H,24,27). The van der Waals surface area contributed by atoms with Gasteiger partial charge >= 0.3 is 0 Å². The fourth-order valence-corrected chi connectivity index (χ4v) is 2.94. The molecule has 0 fully saturated rings. The average Bonchev–Trinajstić information content (AvgIpc) is 2.65. The fraction of sp³-hybridized carbons (Fsp3) is 0.250. The molecule has 6 nitrogen and oxygen atoms in total. The van der Waals surface area contributed by atoms with Crippen molar-refractivity contribution in [1.82, 2.24) is 10.2 Å². The third kappa shape index (κ3) is 6.87. The Balaban J connectivity index is 1.73. The summed E-state index contributed by atoms with van der Waals surface area (Å²) in [5.74, 6) is -0.841. The zero-order valence-corrected chi connectivity index (χ0v) is 16.9. The van der Waals surface area contributed by atoms with Crippen molar-refractivity contribution in [2.45, 2.75) is 12.8 Å². The second-order valence-electron chi connectivity index (χ2n) is 6.16.